The van der Waals surface area contributed by atoms with Gasteiger partial charge in [0.25, 0.3) is 0 Å². The van der Waals surface area contributed by atoms with Crippen molar-refractivity contribution in [1.29, 1.82) is 0 Å². The average Bonchev–Trinajstić information content (AvgIpc) is 3.89. The molecule has 0 N–H and O–H groups in total. The number of halogens is 1. The van der Waals surface area contributed by atoms with Gasteiger partial charge in [0.05, 0.1) is 0 Å². The summed E-state index contributed by atoms with van der Waals surface area (Å²) >= 11 is 0. The Hall–Kier alpha value is -6.49. The SMILES string of the molecule is CC(C)c1cc(C(C)C)c(-c2cc(Oc3[c-]c4c(cc3)c3ccccc3n4-c3ccccn3)[c-]c(N3[CH-]N(c4c(C(C)C)cc(-c5ccccc5F)cc4C(C)C)c4ccccc43)c2)c(C(C)C)c1.[Pt]. The number of nitrogens with zero attached hydrogens (tertiary/aromatic N) is 4. The number of hydrogen-bond donors (Lipinski definition) is 0. The van der Waals surface area contributed by atoms with Gasteiger partial charge in [-0.05, 0) is 122 Å². The van der Waals surface area contributed by atoms with E-state index in [0.717, 1.165) is 72.6 Å². The molecule has 0 fully saturated rings. The van der Waals surface area contributed by atoms with Crippen LogP contribution in [-0.2, 0) is 21.1 Å². The molecule has 1 aliphatic rings. The monoisotopic (exact) mass is 1100 g/mol. The molecule has 0 radical (unpaired) electrons. The van der Waals surface area contributed by atoms with Crippen molar-refractivity contribution < 1.29 is 30.2 Å². The molecule has 0 saturated heterocycles. The molecule has 7 heteroatoms. The van der Waals surface area contributed by atoms with Crippen molar-refractivity contribution in [2.24, 2.45) is 0 Å². The van der Waals surface area contributed by atoms with Crippen LogP contribution in [0, 0.1) is 24.6 Å². The van der Waals surface area contributed by atoms with Crippen molar-refractivity contribution in [2.45, 2.75) is 98.8 Å². The maximum Gasteiger partial charge on any atom is 0.135 e. The predicted octanol–water partition coefficient (Wildman–Crippen LogP) is 18.1. The van der Waals surface area contributed by atoms with Gasteiger partial charge in [0.1, 0.15) is 11.6 Å². The summed E-state index contributed by atoms with van der Waals surface area (Å²) in [6, 6.07) is 55.3. The average molecular weight is 1100 g/mol. The standard InChI is InChI=1S/C63H60FN4O.Pt/c1-38(2)43-31-52(39(3)4)62(53(32-43)40(5)6)45-29-46(35-48(30-45)69-47-26-27-51-50-20-12-14-22-57(50)68(60(51)36-47)61-25-17-18-28-65-61)66-37-67(59-24-16-15-23-58(59)66)63-54(41(7)8)33-44(34-55(63)42(9)10)49-19-11-13-21-56(49)64;/h11-34,37-42H,1-10H3;/q-3;. The van der Waals surface area contributed by atoms with Gasteiger partial charge < -0.3 is 19.1 Å². The zero-order valence-corrected chi connectivity index (χ0v) is 44.0. The molecule has 0 saturated carbocycles. The zero-order chi connectivity index (χ0) is 48.2. The number of ether oxygens (including phenoxy) is 1. The summed E-state index contributed by atoms with van der Waals surface area (Å²) in [6.07, 6.45) is 1.83. The van der Waals surface area contributed by atoms with Gasteiger partial charge in [-0.1, -0.05) is 141 Å². The quantitative estimate of drug-likeness (QED) is 0.114. The Bertz CT molecular complexity index is 3310. The van der Waals surface area contributed by atoms with E-state index in [9.17, 15) is 0 Å². The van der Waals surface area contributed by atoms with Crippen LogP contribution in [0.3, 0.4) is 0 Å². The van der Waals surface area contributed by atoms with Crippen molar-refractivity contribution in [3.63, 3.8) is 0 Å². The second kappa shape index (κ2) is 19.7. The second-order valence-corrected chi connectivity index (χ2v) is 20.0. The predicted molar refractivity (Wildman–Crippen MR) is 286 cm³/mol. The van der Waals surface area contributed by atoms with E-state index in [2.05, 4.69) is 193 Å². The summed E-state index contributed by atoms with van der Waals surface area (Å²) < 4.78 is 24.7. The summed E-state index contributed by atoms with van der Waals surface area (Å²) in [6.45, 7) is 24.8. The van der Waals surface area contributed by atoms with Crippen LogP contribution in [0.15, 0.2) is 146 Å². The molecular weight excluding hydrogens is 1040 g/mol. The van der Waals surface area contributed by atoms with Crippen molar-refractivity contribution in [3.05, 3.63) is 198 Å². The Balaban J connectivity index is 0.00000608. The van der Waals surface area contributed by atoms with Gasteiger partial charge in [0.15, 0.2) is 0 Å². The Morgan fingerprint density at radius 1 is 0.543 bits per heavy atom. The molecule has 358 valence electrons. The summed E-state index contributed by atoms with van der Waals surface area (Å²) in [7, 11) is 0. The van der Waals surface area contributed by atoms with Crippen LogP contribution in [0.5, 0.6) is 11.5 Å². The molecule has 10 rings (SSSR count). The molecule has 2 aromatic heterocycles. The van der Waals surface area contributed by atoms with E-state index >= 15 is 4.39 Å². The topological polar surface area (TPSA) is 33.5 Å². The number of hydrogen-bond acceptors (Lipinski definition) is 4. The summed E-state index contributed by atoms with van der Waals surface area (Å²) in [5.41, 5.74) is 16.0. The third-order valence-electron chi connectivity index (χ3n) is 13.6. The van der Waals surface area contributed by atoms with Gasteiger partial charge in [0, 0.05) is 66.9 Å². The number of aromatic nitrogens is 2. The largest absolute Gasteiger partial charge is 0.509 e. The first-order chi connectivity index (χ1) is 33.3. The van der Waals surface area contributed by atoms with E-state index < -0.39 is 0 Å². The first-order valence-corrected chi connectivity index (χ1v) is 24.5. The summed E-state index contributed by atoms with van der Waals surface area (Å²) in [5.74, 6) is 2.97. The zero-order valence-electron chi connectivity index (χ0n) is 41.7. The Labute approximate surface area is 428 Å². The van der Waals surface area contributed by atoms with Crippen molar-refractivity contribution in [2.75, 3.05) is 9.80 Å². The minimum Gasteiger partial charge on any atom is -0.509 e. The molecule has 3 heterocycles. The van der Waals surface area contributed by atoms with E-state index in [-0.39, 0.29) is 50.6 Å². The first-order valence-electron chi connectivity index (χ1n) is 24.5. The first kappa shape index (κ1) is 48.5. The van der Waals surface area contributed by atoms with Crippen LogP contribution in [-0.4, -0.2) is 9.55 Å². The normalized spacial score (nSPS) is 12.6. The summed E-state index contributed by atoms with van der Waals surface area (Å²) in [5, 5.41) is 2.20. The molecule has 0 bridgehead atoms. The molecule has 0 unspecified atom stereocenters. The van der Waals surface area contributed by atoms with Gasteiger partial charge in [-0.15, -0.1) is 53.6 Å². The van der Waals surface area contributed by atoms with Gasteiger partial charge in [-0.25, -0.2) is 9.37 Å². The molecule has 0 amide bonds. The van der Waals surface area contributed by atoms with Crippen LogP contribution in [0.1, 0.15) is 127 Å². The van der Waals surface area contributed by atoms with Gasteiger partial charge >= 0.3 is 0 Å². The van der Waals surface area contributed by atoms with Crippen LogP contribution in [0.2, 0.25) is 0 Å². The van der Waals surface area contributed by atoms with Crippen molar-refractivity contribution >= 4 is 44.6 Å². The van der Waals surface area contributed by atoms with Gasteiger partial charge in [0.2, 0.25) is 0 Å². The molecule has 5 nitrogen and oxygen atoms in total. The summed E-state index contributed by atoms with van der Waals surface area (Å²) in [4.78, 5) is 9.35. The van der Waals surface area contributed by atoms with E-state index in [4.69, 9.17) is 9.72 Å². The molecule has 0 aliphatic carbocycles. The van der Waals surface area contributed by atoms with Gasteiger partial charge in [-0.2, -0.15) is 6.07 Å². The number of anilines is 4. The number of para-hydroxylation sites is 3. The van der Waals surface area contributed by atoms with Crippen LogP contribution in [0.25, 0.3) is 49.9 Å². The van der Waals surface area contributed by atoms with Crippen LogP contribution >= 0.6 is 0 Å². The minimum atomic E-state index is -0.222. The smallest absolute Gasteiger partial charge is 0.135 e. The molecule has 9 aromatic rings. The van der Waals surface area contributed by atoms with E-state index in [1.54, 1.807) is 12.1 Å². The Morgan fingerprint density at radius 3 is 1.79 bits per heavy atom. The number of rotatable bonds is 12. The molecule has 7 aromatic carbocycles. The van der Waals surface area contributed by atoms with E-state index in [1.165, 1.54) is 22.3 Å². The van der Waals surface area contributed by atoms with Crippen molar-refractivity contribution in [1.82, 2.24) is 9.55 Å². The third kappa shape index (κ3) is 8.85. The minimum absolute atomic E-state index is 0. The maximum absolute atomic E-state index is 15.5. The van der Waals surface area contributed by atoms with Crippen LogP contribution < -0.4 is 14.5 Å². The third-order valence-corrected chi connectivity index (χ3v) is 13.6. The number of fused-ring (bicyclic) bond motifs is 4. The Kier molecular flexibility index (Phi) is 13.7. The molecule has 0 atom stereocenters. The Morgan fingerprint density at radius 2 is 1.16 bits per heavy atom. The molecule has 0 spiro atoms. The fourth-order valence-electron chi connectivity index (χ4n) is 10.1. The van der Waals surface area contributed by atoms with Gasteiger partial charge in [-0.3, -0.25) is 0 Å². The fraction of sp³-hybridized carbons (Fsp3) is 0.238. The molecule has 70 heavy (non-hydrogen) atoms. The van der Waals surface area contributed by atoms with Crippen LogP contribution in [0.4, 0.5) is 27.1 Å². The second-order valence-electron chi connectivity index (χ2n) is 20.0. The molecular formula is C63H60FN4OPt-3. The van der Waals surface area contributed by atoms with Crippen molar-refractivity contribution in [3.8, 4) is 39.6 Å². The molecule has 1 aliphatic heterocycles. The maximum atomic E-state index is 15.5. The van der Waals surface area contributed by atoms with E-state index in [0.29, 0.717) is 23.0 Å². The van der Waals surface area contributed by atoms with E-state index in [1.807, 2.05) is 42.6 Å². The number of benzene rings is 7. The number of pyridine rings is 1. The fourth-order valence-corrected chi connectivity index (χ4v) is 10.1.